The van der Waals surface area contributed by atoms with Gasteiger partial charge in [-0.3, -0.25) is 4.79 Å². The Hall–Kier alpha value is -4.09. The summed E-state index contributed by atoms with van der Waals surface area (Å²) < 4.78 is 5.44. The van der Waals surface area contributed by atoms with E-state index in [9.17, 15) is 9.59 Å². The SMILES string of the molecule is CCc1nc(-c2ccc(NC(=O)NCc3ccc(C(=O)NCCN(C)C)cc3)cc2)nc(N2CCOCC2)n1. The first-order valence-electron chi connectivity index (χ1n) is 13.2. The lowest BCUT2D eigenvalue weighted by atomic mass is 10.1. The van der Waals surface area contributed by atoms with Gasteiger partial charge in [0.2, 0.25) is 5.95 Å². The van der Waals surface area contributed by atoms with Crippen LogP contribution in [0.3, 0.4) is 0 Å². The van der Waals surface area contributed by atoms with E-state index in [4.69, 9.17) is 4.74 Å². The predicted octanol–water partition coefficient (Wildman–Crippen LogP) is 2.55. The minimum absolute atomic E-state index is 0.113. The minimum Gasteiger partial charge on any atom is -0.378 e. The number of ether oxygens (including phenoxy) is 1. The zero-order valence-corrected chi connectivity index (χ0v) is 22.7. The predicted molar refractivity (Wildman–Crippen MR) is 151 cm³/mol. The number of anilines is 2. The van der Waals surface area contributed by atoms with E-state index < -0.39 is 0 Å². The molecule has 0 spiro atoms. The zero-order valence-electron chi connectivity index (χ0n) is 22.7. The van der Waals surface area contributed by atoms with Crippen molar-refractivity contribution in [2.24, 2.45) is 0 Å². The Labute approximate surface area is 229 Å². The molecular formula is C28H36N8O3. The first kappa shape index (κ1) is 27.9. The van der Waals surface area contributed by atoms with Crippen molar-refractivity contribution in [1.82, 2.24) is 30.5 Å². The third-order valence-corrected chi connectivity index (χ3v) is 6.19. The fourth-order valence-electron chi connectivity index (χ4n) is 3.93. The van der Waals surface area contributed by atoms with Gasteiger partial charge in [-0.05, 0) is 56.1 Å². The second-order valence-corrected chi connectivity index (χ2v) is 9.47. The van der Waals surface area contributed by atoms with Gasteiger partial charge in [0.15, 0.2) is 5.82 Å². The lowest BCUT2D eigenvalue weighted by Gasteiger charge is -2.27. The smallest absolute Gasteiger partial charge is 0.319 e. The average molecular weight is 533 g/mol. The number of nitrogens with zero attached hydrogens (tertiary/aromatic N) is 5. The lowest BCUT2D eigenvalue weighted by molar-refractivity contribution is 0.0951. The van der Waals surface area contributed by atoms with Gasteiger partial charge in [-0.2, -0.15) is 9.97 Å². The normalized spacial score (nSPS) is 13.3. The van der Waals surface area contributed by atoms with Crippen molar-refractivity contribution in [3.05, 3.63) is 65.5 Å². The van der Waals surface area contributed by atoms with E-state index in [0.29, 0.717) is 55.7 Å². The molecule has 2 heterocycles. The third-order valence-electron chi connectivity index (χ3n) is 6.19. The number of hydrogen-bond acceptors (Lipinski definition) is 8. The van der Waals surface area contributed by atoms with Crippen LogP contribution < -0.4 is 20.9 Å². The lowest BCUT2D eigenvalue weighted by Crippen LogP contribution is -2.37. The summed E-state index contributed by atoms with van der Waals surface area (Å²) in [5.41, 5.74) is 2.98. The fourth-order valence-corrected chi connectivity index (χ4v) is 3.93. The van der Waals surface area contributed by atoms with E-state index in [-0.39, 0.29) is 11.9 Å². The van der Waals surface area contributed by atoms with Gasteiger partial charge in [0.05, 0.1) is 13.2 Å². The number of morpholine rings is 1. The first-order chi connectivity index (χ1) is 18.9. The number of aromatic nitrogens is 3. The Bertz CT molecular complexity index is 1240. The number of hydrogen-bond donors (Lipinski definition) is 3. The number of aryl methyl sites for hydroxylation is 1. The number of nitrogens with one attached hydrogen (secondary N) is 3. The van der Waals surface area contributed by atoms with E-state index >= 15 is 0 Å². The fraction of sp³-hybridized carbons (Fsp3) is 0.393. The molecule has 0 aliphatic carbocycles. The van der Waals surface area contributed by atoms with Crippen molar-refractivity contribution in [3.63, 3.8) is 0 Å². The Morgan fingerprint density at radius 2 is 1.67 bits per heavy atom. The molecule has 11 nitrogen and oxygen atoms in total. The molecule has 4 rings (SSSR count). The highest BCUT2D eigenvalue weighted by Crippen LogP contribution is 2.21. The number of benzene rings is 2. The largest absolute Gasteiger partial charge is 0.378 e. The van der Waals surface area contributed by atoms with Gasteiger partial charge in [-0.25, -0.2) is 9.78 Å². The van der Waals surface area contributed by atoms with Crippen LogP contribution in [-0.2, 0) is 17.7 Å². The van der Waals surface area contributed by atoms with Crippen LogP contribution in [0.15, 0.2) is 48.5 Å². The van der Waals surface area contributed by atoms with E-state index in [1.807, 2.05) is 62.3 Å². The highest BCUT2D eigenvalue weighted by molar-refractivity contribution is 5.94. The second kappa shape index (κ2) is 13.6. The van der Waals surface area contributed by atoms with Crippen molar-refractivity contribution in [3.8, 4) is 11.4 Å². The molecular weight excluding hydrogens is 496 g/mol. The van der Waals surface area contributed by atoms with Crippen molar-refractivity contribution in [2.45, 2.75) is 19.9 Å². The summed E-state index contributed by atoms with van der Waals surface area (Å²) in [6.07, 6.45) is 0.708. The summed E-state index contributed by atoms with van der Waals surface area (Å²) >= 11 is 0. The molecule has 206 valence electrons. The van der Waals surface area contributed by atoms with Gasteiger partial charge in [0.1, 0.15) is 5.82 Å². The van der Waals surface area contributed by atoms with Gasteiger partial charge in [0, 0.05) is 56.0 Å². The maximum Gasteiger partial charge on any atom is 0.319 e. The van der Waals surface area contributed by atoms with Gasteiger partial charge in [0.25, 0.3) is 5.91 Å². The van der Waals surface area contributed by atoms with Crippen LogP contribution >= 0.6 is 0 Å². The summed E-state index contributed by atoms with van der Waals surface area (Å²) in [5.74, 6) is 1.90. The van der Waals surface area contributed by atoms with E-state index in [1.165, 1.54) is 0 Å². The van der Waals surface area contributed by atoms with E-state index in [0.717, 1.165) is 36.6 Å². The molecule has 1 aliphatic heterocycles. The molecule has 1 saturated heterocycles. The number of urea groups is 1. The Kier molecular flexibility index (Phi) is 9.76. The molecule has 1 aliphatic rings. The monoisotopic (exact) mass is 532 g/mol. The van der Waals surface area contributed by atoms with Crippen LogP contribution in [0.1, 0.15) is 28.7 Å². The Morgan fingerprint density at radius 3 is 2.33 bits per heavy atom. The second-order valence-electron chi connectivity index (χ2n) is 9.47. The average Bonchev–Trinajstić information content (AvgIpc) is 2.96. The number of carbonyl (C=O) groups is 2. The number of amides is 3. The molecule has 0 radical (unpaired) electrons. The summed E-state index contributed by atoms with van der Waals surface area (Å²) in [7, 11) is 3.92. The quantitative estimate of drug-likeness (QED) is 0.364. The summed E-state index contributed by atoms with van der Waals surface area (Å²) in [6.45, 7) is 6.53. The van der Waals surface area contributed by atoms with E-state index in [2.05, 4.69) is 35.8 Å². The van der Waals surface area contributed by atoms with Crippen molar-refractivity contribution in [2.75, 3.05) is 63.7 Å². The van der Waals surface area contributed by atoms with Gasteiger partial charge in [-0.15, -0.1) is 0 Å². The third kappa shape index (κ3) is 8.20. The molecule has 3 amide bonds. The molecule has 39 heavy (non-hydrogen) atoms. The Morgan fingerprint density at radius 1 is 0.949 bits per heavy atom. The maximum atomic E-state index is 12.5. The molecule has 0 atom stereocenters. The highest BCUT2D eigenvalue weighted by Gasteiger charge is 2.17. The molecule has 11 heteroatoms. The highest BCUT2D eigenvalue weighted by atomic mass is 16.5. The molecule has 1 aromatic heterocycles. The molecule has 0 bridgehead atoms. The summed E-state index contributed by atoms with van der Waals surface area (Å²) in [5, 5.41) is 8.58. The molecule has 0 unspecified atom stereocenters. The first-order valence-corrected chi connectivity index (χ1v) is 13.2. The van der Waals surface area contributed by atoms with Crippen molar-refractivity contribution in [1.29, 1.82) is 0 Å². The molecule has 1 fully saturated rings. The molecule has 3 aromatic rings. The van der Waals surface area contributed by atoms with E-state index in [1.54, 1.807) is 12.1 Å². The van der Waals surface area contributed by atoms with Gasteiger partial charge >= 0.3 is 6.03 Å². The van der Waals surface area contributed by atoms with Crippen LogP contribution in [0.2, 0.25) is 0 Å². The van der Waals surface area contributed by atoms with Crippen LogP contribution in [0.25, 0.3) is 11.4 Å². The maximum absolute atomic E-state index is 12.5. The van der Waals surface area contributed by atoms with Gasteiger partial charge in [-0.1, -0.05) is 19.1 Å². The Balaban J connectivity index is 1.30. The van der Waals surface area contributed by atoms with Crippen LogP contribution in [0.5, 0.6) is 0 Å². The molecule has 0 saturated carbocycles. The van der Waals surface area contributed by atoms with Crippen LogP contribution in [0, 0.1) is 0 Å². The van der Waals surface area contributed by atoms with Crippen LogP contribution in [-0.4, -0.2) is 85.3 Å². The molecule has 2 aromatic carbocycles. The number of carbonyl (C=O) groups excluding carboxylic acids is 2. The van der Waals surface area contributed by atoms with Crippen molar-refractivity contribution < 1.29 is 14.3 Å². The molecule has 3 N–H and O–H groups in total. The minimum atomic E-state index is -0.323. The number of rotatable bonds is 10. The van der Waals surface area contributed by atoms with Crippen LogP contribution in [0.4, 0.5) is 16.4 Å². The van der Waals surface area contributed by atoms with Crippen molar-refractivity contribution >= 4 is 23.6 Å². The number of likely N-dealkylation sites (N-methyl/N-ethyl adjacent to an activating group) is 1. The zero-order chi connectivity index (χ0) is 27.6. The summed E-state index contributed by atoms with van der Waals surface area (Å²) in [6, 6.07) is 14.3. The summed E-state index contributed by atoms with van der Waals surface area (Å²) in [4.78, 5) is 42.7. The topological polar surface area (TPSA) is 125 Å². The standard InChI is InChI=1S/C28H36N8O3/c1-4-24-32-25(34-27(33-24)36-15-17-39-18-16-36)21-9-11-23(12-10-21)31-28(38)30-19-20-5-7-22(8-6-20)26(37)29-13-14-35(2)3/h5-12H,4,13-19H2,1-3H3,(H,29,37)(H2,30,31,38). The van der Waals surface area contributed by atoms with Gasteiger partial charge < -0.3 is 30.5 Å².